The van der Waals surface area contributed by atoms with E-state index in [9.17, 15) is 0 Å². The van der Waals surface area contributed by atoms with Crippen molar-refractivity contribution in [2.45, 2.75) is 58.8 Å². The Hall–Kier alpha value is -0.780. The van der Waals surface area contributed by atoms with Crippen molar-refractivity contribution in [3.63, 3.8) is 0 Å². The van der Waals surface area contributed by atoms with Crippen LogP contribution in [0.2, 0.25) is 0 Å². The maximum absolute atomic E-state index is 2.47. The molecule has 1 saturated carbocycles. The van der Waals surface area contributed by atoms with E-state index in [1.807, 2.05) is 0 Å². The molecular formula is C17H26. The quantitative estimate of drug-likeness (QED) is 0.607. The number of hydrogen-bond acceptors (Lipinski definition) is 0. The van der Waals surface area contributed by atoms with Gasteiger partial charge in [-0.2, -0.15) is 0 Å². The minimum absolute atomic E-state index is 0.859. The van der Waals surface area contributed by atoms with Crippen molar-refractivity contribution in [2.24, 2.45) is 11.8 Å². The van der Waals surface area contributed by atoms with Crippen molar-refractivity contribution in [3.05, 3.63) is 35.5 Å². The lowest BCUT2D eigenvalue weighted by atomic mass is 9.76. The van der Waals surface area contributed by atoms with Gasteiger partial charge >= 0.3 is 0 Å². The van der Waals surface area contributed by atoms with Crippen LogP contribution in [0.1, 0.15) is 58.8 Å². The summed E-state index contributed by atoms with van der Waals surface area (Å²) in [5, 5.41) is 0. The monoisotopic (exact) mass is 230 g/mol. The second-order valence-electron chi connectivity index (χ2n) is 5.55. The van der Waals surface area contributed by atoms with Crippen molar-refractivity contribution >= 4 is 0 Å². The first-order chi connectivity index (χ1) is 8.33. The Kier molecular flexibility index (Phi) is 4.65. The Morgan fingerprint density at radius 1 is 1.12 bits per heavy atom. The van der Waals surface area contributed by atoms with Crippen molar-refractivity contribution < 1.29 is 0 Å². The molecule has 0 unspecified atom stereocenters. The van der Waals surface area contributed by atoms with Gasteiger partial charge in [-0.15, -0.1) is 0 Å². The highest BCUT2D eigenvalue weighted by Gasteiger charge is 2.22. The largest absolute Gasteiger partial charge is 0.0813 e. The first-order valence-electron chi connectivity index (χ1n) is 7.40. The molecule has 2 aliphatic rings. The van der Waals surface area contributed by atoms with Crippen molar-refractivity contribution in [1.29, 1.82) is 0 Å². The summed E-state index contributed by atoms with van der Waals surface area (Å²) in [7, 11) is 0. The number of rotatable bonds is 3. The molecule has 17 heavy (non-hydrogen) atoms. The van der Waals surface area contributed by atoms with Gasteiger partial charge in [0.2, 0.25) is 0 Å². The van der Waals surface area contributed by atoms with Crippen LogP contribution >= 0.6 is 0 Å². The van der Waals surface area contributed by atoms with Gasteiger partial charge in [0.05, 0.1) is 0 Å². The van der Waals surface area contributed by atoms with E-state index in [1.54, 1.807) is 5.57 Å². The molecular weight excluding hydrogens is 204 g/mol. The first-order valence-corrected chi connectivity index (χ1v) is 7.40. The maximum Gasteiger partial charge on any atom is -0.00947 e. The van der Waals surface area contributed by atoms with E-state index in [0.717, 1.165) is 24.7 Å². The highest BCUT2D eigenvalue weighted by atomic mass is 14.3. The fraction of sp³-hybridized carbons (Fsp3) is 0.647. The van der Waals surface area contributed by atoms with Gasteiger partial charge in [-0.25, -0.2) is 0 Å². The summed E-state index contributed by atoms with van der Waals surface area (Å²) < 4.78 is 0. The summed E-state index contributed by atoms with van der Waals surface area (Å²) in [5.41, 5.74) is 3.12. The van der Waals surface area contributed by atoms with Crippen molar-refractivity contribution in [2.75, 3.05) is 0 Å². The molecule has 94 valence electrons. The third kappa shape index (κ3) is 3.34. The van der Waals surface area contributed by atoms with Crippen molar-refractivity contribution in [3.8, 4) is 0 Å². The molecule has 2 aliphatic carbocycles. The van der Waals surface area contributed by atoms with Gasteiger partial charge in [0.1, 0.15) is 0 Å². The molecule has 0 amide bonds. The van der Waals surface area contributed by atoms with Crippen LogP contribution in [0.3, 0.4) is 0 Å². The standard InChI is InChI=1S/C17H26/c1-3-5-15-8-12-17(13-9-15)16-10-6-14(4-2)7-11-16/h5,8,12-14,16H,3-4,6-7,9-11H2,1-2H3/b15-5+. The van der Waals surface area contributed by atoms with E-state index in [-0.39, 0.29) is 0 Å². The molecule has 0 spiro atoms. The van der Waals surface area contributed by atoms with Gasteiger partial charge in [0.25, 0.3) is 0 Å². The molecule has 0 N–H and O–H groups in total. The minimum atomic E-state index is 0.859. The summed E-state index contributed by atoms with van der Waals surface area (Å²) in [6, 6.07) is 0. The zero-order valence-electron chi connectivity index (χ0n) is 11.4. The summed E-state index contributed by atoms with van der Waals surface area (Å²) in [4.78, 5) is 0. The third-order valence-electron chi connectivity index (χ3n) is 4.43. The van der Waals surface area contributed by atoms with E-state index in [2.05, 4.69) is 38.2 Å². The van der Waals surface area contributed by atoms with Gasteiger partial charge in [-0.05, 0) is 61.5 Å². The molecule has 0 saturated heterocycles. The molecule has 0 aromatic heterocycles. The highest BCUT2D eigenvalue weighted by Crippen LogP contribution is 2.36. The van der Waals surface area contributed by atoms with Crippen LogP contribution in [-0.4, -0.2) is 0 Å². The van der Waals surface area contributed by atoms with Crippen LogP contribution in [-0.2, 0) is 0 Å². The van der Waals surface area contributed by atoms with Crippen molar-refractivity contribution in [1.82, 2.24) is 0 Å². The van der Waals surface area contributed by atoms with Gasteiger partial charge in [-0.3, -0.25) is 0 Å². The molecule has 0 nitrogen and oxygen atoms in total. The fourth-order valence-electron chi connectivity index (χ4n) is 3.20. The molecule has 0 atom stereocenters. The summed E-state index contributed by atoms with van der Waals surface area (Å²) in [6.07, 6.45) is 19.0. The predicted octanol–water partition coefficient (Wildman–Crippen LogP) is 5.43. The Bertz CT molecular complexity index is 322. The normalized spacial score (nSPS) is 31.6. The van der Waals surface area contributed by atoms with Gasteiger partial charge in [-0.1, -0.05) is 44.6 Å². The lowest BCUT2D eigenvalue weighted by Gasteiger charge is -2.29. The topological polar surface area (TPSA) is 0 Å². The zero-order valence-corrected chi connectivity index (χ0v) is 11.4. The summed E-state index contributed by atoms with van der Waals surface area (Å²) in [6.45, 7) is 4.55. The number of hydrogen-bond donors (Lipinski definition) is 0. The molecule has 1 fully saturated rings. The SMILES string of the molecule is CC/C=C1\C=CC(C2CCC(CC)CC2)=CC1. The minimum Gasteiger partial charge on any atom is -0.0813 e. The van der Waals surface area contributed by atoms with Crippen LogP contribution in [0.25, 0.3) is 0 Å². The van der Waals surface area contributed by atoms with Crippen LogP contribution < -0.4 is 0 Å². The van der Waals surface area contributed by atoms with Crippen LogP contribution in [0.5, 0.6) is 0 Å². The average molecular weight is 230 g/mol. The second kappa shape index (κ2) is 6.23. The van der Waals surface area contributed by atoms with Crippen LogP contribution in [0.4, 0.5) is 0 Å². The Labute approximate surface area is 106 Å². The Morgan fingerprint density at radius 2 is 1.88 bits per heavy atom. The summed E-state index contributed by atoms with van der Waals surface area (Å²) in [5.74, 6) is 1.87. The predicted molar refractivity (Wildman–Crippen MR) is 76.0 cm³/mol. The zero-order chi connectivity index (χ0) is 12.1. The average Bonchev–Trinajstić information content (AvgIpc) is 2.40. The molecule has 0 aromatic rings. The van der Waals surface area contributed by atoms with Gasteiger partial charge in [0.15, 0.2) is 0 Å². The maximum atomic E-state index is 2.47. The molecule has 0 heterocycles. The van der Waals surface area contributed by atoms with E-state index in [1.165, 1.54) is 37.7 Å². The highest BCUT2D eigenvalue weighted by molar-refractivity contribution is 5.36. The molecule has 0 heteroatoms. The fourth-order valence-corrected chi connectivity index (χ4v) is 3.20. The van der Waals surface area contributed by atoms with Crippen LogP contribution in [0.15, 0.2) is 35.5 Å². The molecule has 2 rings (SSSR count). The first kappa shape index (κ1) is 12.7. The molecule has 0 aliphatic heterocycles. The molecule has 0 aromatic carbocycles. The smallest absolute Gasteiger partial charge is 0.00947 e. The van der Waals surface area contributed by atoms with Gasteiger partial charge in [0, 0.05) is 0 Å². The van der Waals surface area contributed by atoms with E-state index >= 15 is 0 Å². The molecule has 0 bridgehead atoms. The summed E-state index contributed by atoms with van der Waals surface area (Å²) >= 11 is 0. The number of allylic oxidation sites excluding steroid dienone is 6. The van der Waals surface area contributed by atoms with E-state index in [4.69, 9.17) is 0 Å². The van der Waals surface area contributed by atoms with Gasteiger partial charge < -0.3 is 0 Å². The molecule has 0 radical (unpaired) electrons. The van der Waals surface area contributed by atoms with E-state index < -0.39 is 0 Å². The second-order valence-corrected chi connectivity index (χ2v) is 5.55. The van der Waals surface area contributed by atoms with E-state index in [0.29, 0.717) is 0 Å². The lowest BCUT2D eigenvalue weighted by Crippen LogP contribution is -2.15. The Morgan fingerprint density at radius 3 is 2.41 bits per heavy atom. The Balaban J connectivity index is 1.89. The lowest BCUT2D eigenvalue weighted by molar-refractivity contribution is 0.297. The third-order valence-corrected chi connectivity index (χ3v) is 4.43. The van der Waals surface area contributed by atoms with Crippen LogP contribution in [0, 0.1) is 11.8 Å².